The van der Waals surface area contributed by atoms with Crippen LogP contribution in [0.5, 0.6) is 0 Å². The molecule has 0 saturated carbocycles. The van der Waals surface area contributed by atoms with E-state index in [4.69, 9.17) is 9.26 Å². The smallest absolute Gasteiger partial charge is 0.204 e. The van der Waals surface area contributed by atoms with Crippen molar-refractivity contribution in [3.05, 3.63) is 23.1 Å². The summed E-state index contributed by atoms with van der Waals surface area (Å²) in [5, 5.41) is 4.31. The Hall–Kier alpha value is -1.95. The lowest BCUT2D eigenvalue weighted by atomic mass is 10.1. The van der Waals surface area contributed by atoms with E-state index in [1.807, 2.05) is 18.7 Å². The first-order chi connectivity index (χ1) is 10.0. The molecule has 0 radical (unpaired) electrons. The minimum Gasteiger partial charge on any atom is -0.372 e. The molecule has 0 N–H and O–H groups in total. The molecule has 0 amide bonds. The molecule has 112 valence electrons. The predicted octanol–water partition coefficient (Wildman–Crippen LogP) is 2.70. The number of morpholine rings is 1. The molecule has 0 aliphatic carbocycles. The highest BCUT2D eigenvalue weighted by Gasteiger charge is 2.28. The summed E-state index contributed by atoms with van der Waals surface area (Å²) in [5.41, 5.74) is 1.26. The first kappa shape index (κ1) is 14.0. The lowest BCUT2D eigenvalue weighted by Gasteiger charge is -2.37. The van der Waals surface area contributed by atoms with Crippen molar-refractivity contribution in [1.82, 2.24) is 5.16 Å². The van der Waals surface area contributed by atoms with Gasteiger partial charge in [-0.25, -0.2) is 4.39 Å². The minimum atomic E-state index is -0.531. The number of rotatable bonds is 2. The lowest BCUT2D eigenvalue weighted by Crippen LogP contribution is -2.46. The zero-order chi connectivity index (χ0) is 15.1. The Morgan fingerprint density at radius 1 is 1.38 bits per heavy atom. The number of fused-ring (bicyclic) bond motifs is 1. The van der Waals surface area contributed by atoms with E-state index in [2.05, 4.69) is 5.16 Å². The van der Waals surface area contributed by atoms with Gasteiger partial charge in [-0.15, -0.1) is 0 Å². The van der Waals surface area contributed by atoms with Gasteiger partial charge < -0.3 is 14.2 Å². The molecule has 1 saturated heterocycles. The van der Waals surface area contributed by atoms with Crippen molar-refractivity contribution in [1.29, 1.82) is 0 Å². The van der Waals surface area contributed by atoms with Crippen molar-refractivity contribution in [2.24, 2.45) is 0 Å². The highest BCUT2D eigenvalue weighted by Crippen LogP contribution is 2.33. The summed E-state index contributed by atoms with van der Waals surface area (Å²) in [4.78, 5) is 13.2. The van der Waals surface area contributed by atoms with Gasteiger partial charge in [0.05, 0.1) is 23.6 Å². The molecule has 6 heteroatoms. The average Bonchev–Trinajstić information content (AvgIpc) is 2.79. The number of ether oxygens (including phenoxy) is 1. The Bertz CT molecular complexity index is 688. The van der Waals surface area contributed by atoms with E-state index < -0.39 is 5.82 Å². The van der Waals surface area contributed by atoms with Crippen LogP contribution in [-0.2, 0) is 4.74 Å². The van der Waals surface area contributed by atoms with Crippen LogP contribution in [0.4, 0.5) is 10.1 Å². The maximum absolute atomic E-state index is 14.8. The second kappa shape index (κ2) is 5.11. The second-order valence-electron chi connectivity index (χ2n) is 5.55. The third-order valence-electron chi connectivity index (χ3n) is 3.75. The van der Waals surface area contributed by atoms with E-state index in [0.29, 0.717) is 36.0 Å². The van der Waals surface area contributed by atoms with E-state index in [1.54, 1.807) is 13.0 Å². The van der Waals surface area contributed by atoms with E-state index in [0.717, 1.165) is 0 Å². The van der Waals surface area contributed by atoms with E-state index in [1.165, 1.54) is 0 Å². The summed E-state index contributed by atoms with van der Waals surface area (Å²) < 4.78 is 25.5. The van der Waals surface area contributed by atoms with Crippen molar-refractivity contribution in [3.63, 3.8) is 0 Å². The van der Waals surface area contributed by atoms with Crippen LogP contribution in [0.3, 0.4) is 0 Å². The van der Waals surface area contributed by atoms with Crippen molar-refractivity contribution < 1.29 is 18.4 Å². The highest BCUT2D eigenvalue weighted by atomic mass is 19.1. The average molecular weight is 292 g/mol. The molecule has 1 aromatic carbocycles. The molecule has 21 heavy (non-hydrogen) atoms. The molecule has 1 aliphatic heterocycles. The molecule has 1 aromatic heterocycles. The summed E-state index contributed by atoms with van der Waals surface area (Å²) in [6, 6.07) is 1.64. The van der Waals surface area contributed by atoms with Crippen molar-refractivity contribution in [2.75, 3.05) is 18.0 Å². The number of aldehydes is 1. The quantitative estimate of drug-likeness (QED) is 0.797. The Labute approximate surface area is 121 Å². The van der Waals surface area contributed by atoms with Crippen LogP contribution in [0, 0.1) is 12.7 Å². The van der Waals surface area contributed by atoms with Crippen molar-refractivity contribution in [2.45, 2.75) is 33.0 Å². The van der Waals surface area contributed by atoms with Gasteiger partial charge in [0.2, 0.25) is 5.58 Å². The standard InChI is InChI=1S/C15H17FN2O3/c1-8-5-18(6-9(2)20-8)14-11(7-19)4-12-10(3)17-21-15(12)13(14)16/h4,7-9H,5-6H2,1-3H3/t8-,9-/m1/s1. The van der Waals surface area contributed by atoms with Crippen LogP contribution in [0.15, 0.2) is 10.6 Å². The van der Waals surface area contributed by atoms with Crippen LogP contribution >= 0.6 is 0 Å². The molecule has 3 rings (SSSR count). The summed E-state index contributed by atoms with van der Waals surface area (Å²) in [5.74, 6) is -0.531. The third-order valence-corrected chi connectivity index (χ3v) is 3.75. The van der Waals surface area contributed by atoms with E-state index in [-0.39, 0.29) is 23.5 Å². The largest absolute Gasteiger partial charge is 0.372 e. The van der Waals surface area contributed by atoms with Gasteiger partial charge in [0, 0.05) is 24.0 Å². The van der Waals surface area contributed by atoms with Gasteiger partial charge in [0.25, 0.3) is 0 Å². The fourth-order valence-electron chi connectivity index (χ4n) is 2.93. The molecular formula is C15H17FN2O3. The first-order valence-corrected chi connectivity index (χ1v) is 6.95. The van der Waals surface area contributed by atoms with Crippen molar-refractivity contribution >= 4 is 22.9 Å². The zero-order valence-electron chi connectivity index (χ0n) is 12.2. The van der Waals surface area contributed by atoms with Crippen LogP contribution < -0.4 is 4.90 Å². The molecule has 2 atom stereocenters. The minimum absolute atomic E-state index is 0.0280. The molecule has 1 fully saturated rings. The predicted molar refractivity (Wildman–Crippen MR) is 76.3 cm³/mol. The molecule has 5 nitrogen and oxygen atoms in total. The number of hydrogen-bond acceptors (Lipinski definition) is 5. The maximum Gasteiger partial charge on any atom is 0.204 e. The maximum atomic E-state index is 14.8. The number of nitrogens with zero attached hydrogens (tertiary/aromatic N) is 2. The number of benzene rings is 1. The Kier molecular flexibility index (Phi) is 3.41. The monoisotopic (exact) mass is 292 g/mol. The van der Waals surface area contributed by atoms with Crippen LogP contribution in [0.25, 0.3) is 11.0 Å². The van der Waals surface area contributed by atoms with Gasteiger partial charge in [0.1, 0.15) is 0 Å². The molecule has 0 bridgehead atoms. The Morgan fingerprint density at radius 3 is 2.67 bits per heavy atom. The number of aromatic nitrogens is 1. The third kappa shape index (κ3) is 2.29. The molecular weight excluding hydrogens is 275 g/mol. The van der Waals surface area contributed by atoms with Gasteiger partial charge in [-0.1, -0.05) is 5.16 Å². The topological polar surface area (TPSA) is 55.6 Å². The molecule has 2 aromatic rings. The van der Waals surface area contributed by atoms with Crippen molar-refractivity contribution in [3.8, 4) is 0 Å². The normalized spacial score (nSPS) is 22.8. The summed E-state index contributed by atoms with van der Waals surface area (Å²) >= 11 is 0. The Morgan fingerprint density at radius 2 is 2.05 bits per heavy atom. The first-order valence-electron chi connectivity index (χ1n) is 6.95. The fraction of sp³-hybridized carbons (Fsp3) is 0.467. The van der Waals surface area contributed by atoms with E-state index >= 15 is 0 Å². The summed E-state index contributed by atoms with van der Waals surface area (Å²) in [7, 11) is 0. The van der Waals surface area contributed by atoms with Gasteiger partial charge in [0.15, 0.2) is 12.1 Å². The lowest BCUT2D eigenvalue weighted by molar-refractivity contribution is -0.00542. The fourth-order valence-corrected chi connectivity index (χ4v) is 2.93. The highest BCUT2D eigenvalue weighted by molar-refractivity contribution is 5.95. The Balaban J connectivity index is 2.16. The summed E-state index contributed by atoms with van der Waals surface area (Å²) in [6.07, 6.45) is 0.620. The summed E-state index contributed by atoms with van der Waals surface area (Å²) in [6.45, 7) is 6.64. The number of hydrogen-bond donors (Lipinski definition) is 0. The molecule has 0 unspecified atom stereocenters. The van der Waals surface area contributed by atoms with Gasteiger partial charge in [-0.2, -0.15) is 0 Å². The second-order valence-corrected chi connectivity index (χ2v) is 5.55. The molecule has 1 aliphatic rings. The SMILES string of the molecule is Cc1noc2c(F)c(N3C[C@@H](C)O[C@H](C)C3)c(C=O)cc12. The van der Waals surface area contributed by atoms with Crippen LogP contribution in [-0.4, -0.2) is 36.7 Å². The van der Waals surface area contributed by atoms with E-state index in [9.17, 15) is 9.18 Å². The van der Waals surface area contributed by atoms with Gasteiger partial charge >= 0.3 is 0 Å². The van der Waals surface area contributed by atoms with Crippen LogP contribution in [0.2, 0.25) is 0 Å². The number of carbonyl (C=O) groups is 1. The molecule has 0 spiro atoms. The van der Waals surface area contributed by atoms with Gasteiger partial charge in [-0.05, 0) is 26.8 Å². The molecule has 2 heterocycles. The number of aryl methyl sites for hydroxylation is 1. The van der Waals surface area contributed by atoms with Gasteiger partial charge in [-0.3, -0.25) is 4.79 Å². The number of anilines is 1. The number of halogens is 1. The zero-order valence-corrected chi connectivity index (χ0v) is 12.2. The number of carbonyl (C=O) groups excluding carboxylic acids is 1. The van der Waals surface area contributed by atoms with Crippen LogP contribution in [0.1, 0.15) is 29.9 Å².